The van der Waals surface area contributed by atoms with Gasteiger partial charge in [0.1, 0.15) is 11.4 Å². The third-order valence-electron chi connectivity index (χ3n) is 4.70. The quantitative estimate of drug-likeness (QED) is 0.438. The number of methoxy groups -OCH3 is 1. The molecule has 0 radical (unpaired) electrons. The molecule has 1 heterocycles. The number of ether oxygens (including phenoxy) is 2. The van der Waals surface area contributed by atoms with E-state index < -0.39 is 28.9 Å². The normalized spacial score (nSPS) is 12.5. The van der Waals surface area contributed by atoms with Crippen LogP contribution in [0.2, 0.25) is 0 Å². The molecule has 1 atom stereocenters. The van der Waals surface area contributed by atoms with Crippen LogP contribution in [0.15, 0.2) is 42.5 Å². The minimum atomic E-state index is -4.51. The van der Waals surface area contributed by atoms with Crippen molar-refractivity contribution in [3.05, 3.63) is 64.8 Å². The molecule has 170 valence electrons. The van der Waals surface area contributed by atoms with E-state index in [-0.39, 0.29) is 18.1 Å². The summed E-state index contributed by atoms with van der Waals surface area (Å²) in [5.41, 5.74) is 0.700. The average Bonchev–Trinajstić information content (AvgIpc) is 3.12. The molecular formula is C22H20F3NO5S. The van der Waals surface area contributed by atoms with Crippen LogP contribution in [0.4, 0.5) is 13.2 Å². The molecule has 1 aromatic heterocycles. The Hall–Kier alpha value is -3.14. The lowest BCUT2D eigenvalue weighted by Gasteiger charge is -2.19. The largest absolute Gasteiger partial charge is 0.497 e. The number of hydrogen-bond donors (Lipinski definition) is 2. The molecule has 0 saturated heterocycles. The van der Waals surface area contributed by atoms with Crippen LogP contribution in [0.1, 0.15) is 39.4 Å². The third kappa shape index (κ3) is 5.01. The number of fused-ring (bicyclic) bond motifs is 1. The molecular weight excluding hydrogens is 447 g/mol. The summed E-state index contributed by atoms with van der Waals surface area (Å²) in [5.74, 6) is -1.57. The Labute approximate surface area is 185 Å². The Balaban J connectivity index is 2.22. The van der Waals surface area contributed by atoms with Gasteiger partial charge in [0.05, 0.1) is 30.3 Å². The predicted octanol–water partition coefficient (Wildman–Crippen LogP) is 5.28. The Kier molecular flexibility index (Phi) is 7.02. The number of esters is 1. The summed E-state index contributed by atoms with van der Waals surface area (Å²) in [4.78, 5) is 27.0. The molecule has 3 aromatic rings. The molecule has 0 aliphatic heterocycles. The second-order valence-corrected chi connectivity index (χ2v) is 7.84. The maximum atomic E-state index is 13.0. The monoisotopic (exact) mass is 467 g/mol. The highest BCUT2D eigenvalue weighted by molar-refractivity contribution is 8.00. The Morgan fingerprint density at radius 1 is 1.16 bits per heavy atom. The van der Waals surface area contributed by atoms with E-state index in [0.717, 1.165) is 23.9 Å². The minimum Gasteiger partial charge on any atom is -0.497 e. The molecule has 0 unspecified atom stereocenters. The van der Waals surface area contributed by atoms with Crippen molar-refractivity contribution in [2.75, 3.05) is 19.5 Å². The number of thioether (sulfide) groups is 1. The van der Waals surface area contributed by atoms with Crippen molar-refractivity contribution in [2.24, 2.45) is 0 Å². The molecule has 32 heavy (non-hydrogen) atoms. The van der Waals surface area contributed by atoms with Gasteiger partial charge in [0.2, 0.25) is 0 Å². The van der Waals surface area contributed by atoms with E-state index in [1.165, 1.54) is 19.2 Å². The van der Waals surface area contributed by atoms with Crippen molar-refractivity contribution >= 4 is 34.6 Å². The number of carboxylic acid groups (broad SMARTS) is 1. The fourth-order valence-electron chi connectivity index (χ4n) is 3.30. The lowest BCUT2D eigenvalue weighted by Crippen LogP contribution is -2.12. The average molecular weight is 467 g/mol. The Morgan fingerprint density at radius 2 is 1.84 bits per heavy atom. The third-order valence-corrected chi connectivity index (χ3v) is 5.96. The first-order valence-electron chi connectivity index (χ1n) is 9.53. The second-order valence-electron chi connectivity index (χ2n) is 6.75. The number of H-pyrrole nitrogens is 1. The van der Waals surface area contributed by atoms with Gasteiger partial charge in [0.25, 0.3) is 0 Å². The molecule has 0 amide bonds. The molecule has 0 spiro atoms. The number of hydrogen-bond acceptors (Lipinski definition) is 5. The van der Waals surface area contributed by atoms with Crippen LogP contribution < -0.4 is 4.74 Å². The van der Waals surface area contributed by atoms with Crippen molar-refractivity contribution in [1.29, 1.82) is 0 Å². The summed E-state index contributed by atoms with van der Waals surface area (Å²) in [6.07, 6.45) is -4.51. The summed E-state index contributed by atoms with van der Waals surface area (Å²) in [5, 5.41) is 9.05. The van der Waals surface area contributed by atoms with Crippen LogP contribution >= 0.6 is 11.8 Å². The SMILES string of the molecule is CCOC(=O)c1[nH]c2ccc(OC)cc2c1[C@H](SCC(=O)O)c1ccc(C(F)(F)F)cc1. The smallest absolute Gasteiger partial charge is 0.416 e. The lowest BCUT2D eigenvalue weighted by atomic mass is 9.99. The number of carboxylic acids is 1. The number of aliphatic carboxylic acids is 1. The first-order valence-corrected chi connectivity index (χ1v) is 10.6. The van der Waals surface area contributed by atoms with Crippen LogP contribution in [-0.2, 0) is 15.7 Å². The van der Waals surface area contributed by atoms with Gasteiger partial charge in [0, 0.05) is 16.5 Å². The Bertz CT molecular complexity index is 1130. The van der Waals surface area contributed by atoms with E-state index in [1.54, 1.807) is 25.1 Å². The van der Waals surface area contributed by atoms with Crippen molar-refractivity contribution in [3.8, 4) is 5.75 Å². The van der Waals surface area contributed by atoms with Gasteiger partial charge in [-0.1, -0.05) is 12.1 Å². The first kappa shape index (κ1) is 23.5. The van der Waals surface area contributed by atoms with E-state index in [4.69, 9.17) is 9.47 Å². The predicted molar refractivity (Wildman–Crippen MR) is 114 cm³/mol. The fourth-order valence-corrected chi connectivity index (χ4v) is 4.37. The van der Waals surface area contributed by atoms with Crippen LogP contribution in [0.25, 0.3) is 10.9 Å². The molecule has 10 heteroatoms. The zero-order chi connectivity index (χ0) is 23.5. The number of carbonyl (C=O) groups is 2. The van der Waals surface area contributed by atoms with Crippen LogP contribution in [0, 0.1) is 0 Å². The minimum absolute atomic E-state index is 0.109. The number of carbonyl (C=O) groups excluding carboxylic acids is 1. The highest BCUT2D eigenvalue weighted by Gasteiger charge is 2.32. The van der Waals surface area contributed by atoms with Gasteiger partial charge in [0.15, 0.2) is 0 Å². The summed E-state index contributed by atoms with van der Waals surface area (Å²) in [6, 6.07) is 9.52. The lowest BCUT2D eigenvalue weighted by molar-refractivity contribution is -0.137. The highest BCUT2D eigenvalue weighted by Crippen LogP contribution is 2.43. The van der Waals surface area contributed by atoms with Gasteiger partial charge in [-0.25, -0.2) is 4.79 Å². The standard InChI is InChI=1S/C22H20F3NO5S/c1-3-31-21(29)19-18(15-10-14(30-2)8-9-16(15)26-19)20(32-11-17(27)28)12-4-6-13(7-5-12)22(23,24)25/h4-10,20,26H,3,11H2,1-2H3,(H,27,28)/t20-/m1/s1. The van der Waals surface area contributed by atoms with Crippen molar-refractivity contribution in [2.45, 2.75) is 18.3 Å². The highest BCUT2D eigenvalue weighted by atomic mass is 32.2. The summed E-state index contributed by atoms with van der Waals surface area (Å²) < 4.78 is 49.5. The van der Waals surface area contributed by atoms with Gasteiger partial charge in [-0.15, -0.1) is 11.8 Å². The molecule has 0 aliphatic rings. The van der Waals surface area contributed by atoms with Crippen LogP contribution in [-0.4, -0.2) is 41.5 Å². The van der Waals surface area contributed by atoms with E-state index in [2.05, 4.69) is 4.98 Å². The van der Waals surface area contributed by atoms with Gasteiger partial charge < -0.3 is 19.6 Å². The van der Waals surface area contributed by atoms with Gasteiger partial charge in [-0.05, 0) is 42.8 Å². The van der Waals surface area contributed by atoms with Gasteiger partial charge >= 0.3 is 18.1 Å². The van der Waals surface area contributed by atoms with E-state index in [0.29, 0.717) is 27.8 Å². The van der Waals surface area contributed by atoms with Crippen molar-refractivity contribution in [3.63, 3.8) is 0 Å². The second kappa shape index (κ2) is 9.56. The van der Waals surface area contributed by atoms with Crippen LogP contribution in [0.5, 0.6) is 5.75 Å². The van der Waals surface area contributed by atoms with Gasteiger partial charge in [-0.3, -0.25) is 4.79 Å². The summed E-state index contributed by atoms with van der Waals surface area (Å²) in [6.45, 7) is 1.76. The first-order chi connectivity index (χ1) is 15.2. The maximum Gasteiger partial charge on any atom is 0.416 e. The number of benzene rings is 2. The number of aromatic nitrogens is 1. The molecule has 0 aliphatic carbocycles. The number of rotatable bonds is 8. The number of alkyl halides is 3. The maximum absolute atomic E-state index is 13.0. The Morgan fingerprint density at radius 3 is 2.41 bits per heavy atom. The molecule has 2 N–H and O–H groups in total. The fraction of sp³-hybridized carbons (Fsp3) is 0.273. The molecule has 0 bridgehead atoms. The number of nitrogens with one attached hydrogen (secondary N) is 1. The molecule has 0 fully saturated rings. The molecule has 6 nitrogen and oxygen atoms in total. The van der Waals surface area contributed by atoms with E-state index >= 15 is 0 Å². The number of aromatic amines is 1. The zero-order valence-electron chi connectivity index (χ0n) is 17.2. The van der Waals surface area contributed by atoms with Gasteiger partial charge in [-0.2, -0.15) is 13.2 Å². The summed E-state index contributed by atoms with van der Waals surface area (Å²) in [7, 11) is 1.48. The van der Waals surface area contributed by atoms with E-state index in [1.807, 2.05) is 0 Å². The topological polar surface area (TPSA) is 88.6 Å². The zero-order valence-corrected chi connectivity index (χ0v) is 18.0. The molecule has 3 rings (SSSR count). The van der Waals surface area contributed by atoms with Crippen LogP contribution in [0.3, 0.4) is 0 Å². The van der Waals surface area contributed by atoms with Crippen molar-refractivity contribution in [1.82, 2.24) is 4.98 Å². The molecule has 2 aromatic carbocycles. The van der Waals surface area contributed by atoms with Crippen molar-refractivity contribution < 1.29 is 37.3 Å². The number of halogens is 3. The van der Waals surface area contributed by atoms with E-state index in [9.17, 15) is 27.9 Å². The molecule has 0 saturated carbocycles. The summed E-state index contributed by atoms with van der Waals surface area (Å²) >= 11 is 0.982.